The Balaban J connectivity index is 1.83. The van der Waals surface area contributed by atoms with Gasteiger partial charge in [0, 0.05) is 23.4 Å². The average Bonchev–Trinajstić information content (AvgIpc) is 3.11. The van der Waals surface area contributed by atoms with Crippen LogP contribution in [-0.4, -0.2) is 20.2 Å². The lowest BCUT2D eigenvalue weighted by atomic mass is 10.0. The van der Waals surface area contributed by atoms with Crippen LogP contribution in [0.5, 0.6) is 0 Å². The van der Waals surface area contributed by atoms with E-state index in [1.165, 1.54) is 0 Å². The first kappa shape index (κ1) is 17.2. The Morgan fingerprint density at radius 3 is 2.07 bits per heavy atom. The van der Waals surface area contributed by atoms with E-state index in [0.29, 0.717) is 0 Å². The summed E-state index contributed by atoms with van der Waals surface area (Å²) in [6, 6.07) is 24.2. The molecule has 0 saturated heterocycles. The summed E-state index contributed by atoms with van der Waals surface area (Å²) in [6.07, 6.45) is 3.61. The quantitative estimate of drug-likeness (QED) is 0.538. The fraction of sp³-hybridized carbons (Fsp3) is 0.130. The third-order valence-electron chi connectivity index (χ3n) is 4.46. The van der Waals surface area contributed by atoms with Crippen LogP contribution in [0.3, 0.4) is 0 Å². The van der Waals surface area contributed by atoms with Gasteiger partial charge < -0.3 is 9.51 Å². The number of benzene rings is 2. The number of hydrogen-bond acceptors (Lipinski definition) is 3. The lowest BCUT2D eigenvalue weighted by Gasteiger charge is -2.16. The molecule has 4 rings (SSSR count). The van der Waals surface area contributed by atoms with Crippen molar-refractivity contribution >= 4 is 17.0 Å². The van der Waals surface area contributed by atoms with Crippen LogP contribution in [0.2, 0.25) is 0 Å². The van der Waals surface area contributed by atoms with Crippen LogP contribution in [0.4, 0.5) is 5.69 Å². The van der Waals surface area contributed by atoms with Gasteiger partial charge in [0.1, 0.15) is 11.2 Å². The van der Waals surface area contributed by atoms with E-state index < -0.39 is 5.60 Å². The van der Waals surface area contributed by atoms with Crippen molar-refractivity contribution in [1.82, 2.24) is 9.38 Å². The number of aromatic nitrogens is 2. The van der Waals surface area contributed by atoms with Crippen LogP contribution >= 0.6 is 0 Å². The van der Waals surface area contributed by atoms with Crippen LogP contribution in [0.15, 0.2) is 90.2 Å². The molecule has 2 aromatic heterocycles. The molecule has 0 aliphatic heterocycles. The Hall–Kier alpha value is -3.24. The number of aliphatic imine (C=N–C) groups is 1. The molecule has 0 bridgehead atoms. The Kier molecular flexibility index (Phi) is 4.34. The number of rotatable bonds is 4. The van der Waals surface area contributed by atoms with Gasteiger partial charge in [-0.2, -0.15) is 0 Å². The summed E-state index contributed by atoms with van der Waals surface area (Å²) in [5.74, 6) is 0. The lowest BCUT2D eigenvalue weighted by molar-refractivity contribution is 0.0729. The van der Waals surface area contributed by atoms with Gasteiger partial charge in [0.15, 0.2) is 0 Å². The van der Waals surface area contributed by atoms with Gasteiger partial charge in [0.05, 0.1) is 23.3 Å². The average molecular weight is 355 g/mol. The summed E-state index contributed by atoms with van der Waals surface area (Å²) in [7, 11) is 0. The van der Waals surface area contributed by atoms with Gasteiger partial charge in [-0.3, -0.25) is 0 Å². The zero-order valence-electron chi connectivity index (χ0n) is 15.4. The molecule has 0 fully saturated rings. The summed E-state index contributed by atoms with van der Waals surface area (Å²) in [5, 5.41) is 10.3. The van der Waals surface area contributed by atoms with Crippen LogP contribution in [0.25, 0.3) is 5.65 Å². The Morgan fingerprint density at radius 1 is 0.926 bits per heavy atom. The van der Waals surface area contributed by atoms with Crippen molar-refractivity contribution in [3.63, 3.8) is 0 Å². The fourth-order valence-electron chi connectivity index (χ4n) is 3.11. The third-order valence-corrected chi connectivity index (χ3v) is 4.46. The number of nitrogens with zero attached hydrogens (tertiary/aromatic N) is 3. The predicted molar refractivity (Wildman–Crippen MR) is 109 cm³/mol. The van der Waals surface area contributed by atoms with E-state index in [1.54, 1.807) is 20.0 Å². The Morgan fingerprint density at radius 2 is 1.52 bits per heavy atom. The molecule has 0 spiro atoms. The van der Waals surface area contributed by atoms with E-state index in [9.17, 15) is 5.11 Å². The zero-order valence-corrected chi connectivity index (χ0v) is 15.4. The minimum atomic E-state index is -0.955. The van der Waals surface area contributed by atoms with E-state index in [4.69, 9.17) is 4.99 Å². The first-order valence-electron chi connectivity index (χ1n) is 8.92. The van der Waals surface area contributed by atoms with E-state index >= 15 is 0 Å². The van der Waals surface area contributed by atoms with E-state index in [-0.39, 0.29) is 0 Å². The maximum Gasteiger partial charge on any atom is 0.139 e. The molecular weight excluding hydrogens is 334 g/mol. The van der Waals surface area contributed by atoms with Gasteiger partial charge in [0.25, 0.3) is 0 Å². The Bertz CT molecular complexity index is 1050. The van der Waals surface area contributed by atoms with Crippen LogP contribution in [0, 0.1) is 0 Å². The summed E-state index contributed by atoms with van der Waals surface area (Å²) in [4.78, 5) is 9.35. The highest BCUT2D eigenvalue weighted by Crippen LogP contribution is 2.24. The van der Waals surface area contributed by atoms with Gasteiger partial charge >= 0.3 is 0 Å². The molecule has 0 unspecified atom stereocenters. The molecule has 4 nitrogen and oxygen atoms in total. The molecule has 0 aliphatic rings. The molecule has 2 aromatic carbocycles. The number of aliphatic hydroxyl groups is 1. The van der Waals surface area contributed by atoms with Crippen molar-refractivity contribution in [3.8, 4) is 0 Å². The highest BCUT2D eigenvalue weighted by Gasteiger charge is 2.20. The minimum absolute atomic E-state index is 0.749. The molecule has 4 heteroatoms. The van der Waals surface area contributed by atoms with E-state index in [2.05, 4.69) is 29.2 Å². The molecule has 0 radical (unpaired) electrons. The highest BCUT2D eigenvalue weighted by atomic mass is 16.3. The molecule has 0 amide bonds. The fourth-order valence-corrected chi connectivity index (χ4v) is 3.11. The smallest absolute Gasteiger partial charge is 0.139 e. The molecule has 134 valence electrons. The molecule has 2 heterocycles. The van der Waals surface area contributed by atoms with Crippen molar-refractivity contribution in [1.29, 1.82) is 0 Å². The first-order chi connectivity index (χ1) is 13.0. The van der Waals surface area contributed by atoms with Crippen molar-refractivity contribution in [2.24, 2.45) is 4.99 Å². The second-order valence-electron chi connectivity index (χ2n) is 7.01. The standard InChI is InChI=1S/C23H21N3O/c1-23(2,27)20-16-24-21-15-19(13-14-26(20)21)25-22(17-9-5-3-6-10-17)18-11-7-4-8-12-18/h3-16,27H,1-2H3. The van der Waals surface area contributed by atoms with Gasteiger partial charge in [0.2, 0.25) is 0 Å². The van der Waals surface area contributed by atoms with Gasteiger partial charge in [-0.05, 0) is 19.9 Å². The van der Waals surface area contributed by atoms with Gasteiger partial charge in [-0.25, -0.2) is 9.98 Å². The normalized spacial score (nSPS) is 11.5. The largest absolute Gasteiger partial charge is 0.384 e. The molecule has 27 heavy (non-hydrogen) atoms. The van der Waals surface area contributed by atoms with Crippen molar-refractivity contribution < 1.29 is 5.11 Å². The van der Waals surface area contributed by atoms with E-state index in [0.717, 1.165) is 33.9 Å². The molecule has 1 N–H and O–H groups in total. The highest BCUT2D eigenvalue weighted by molar-refractivity contribution is 6.13. The zero-order chi connectivity index (χ0) is 18.9. The summed E-state index contributed by atoms with van der Waals surface area (Å²) < 4.78 is 1.89. The number of fused-ring (bicyclic) bond motifs is 1. The second kappa shape index (κ2) is 6.82. The van der Waals surface area contributed by atoms with Crippen LogP contribution in [0.1, 0.15) is 30.7 Å². The maximum absolute atomic E-state index is 10.3. The summed E-state index contributed by atoms with van der Waals surface area (Å²) in [6.45, 7) is 3.51. The molecular formula is C23H21N3O. The monoisotopic (exact) mass is 355 g/mol. The number of hydrogen-bond donors (Lipinski definition) is 1. The van der Waals surface area contributed by atoms with Crippen molar-refractivity contribution in [3.05, 3.63) is 102 Å². The van der Waals surface area contributed by atoms with Crippen LogP contribution < -0.4 is 0 Å². The second-order valence-corrected chi connectivity index (χ2v) is 7.01. The molecule has 0 aliphatic carbocycles. The summed E-state index contributed by atoms with van der Waals surface area (Å²) >= 11 is 0. The summed E-state index contributed by atoms with van der Waals surface area (Å²) in [5.41, 5.74) is 4.40. The molecule has 0 saturated carbocycles. The first-order valence-corrected chi connectivity index (χ1v) is 8.92. The third kappa shape index (κ3) is 3.52. The van der Waals surface area contributed by atoms with Gasteiger partial charge in [-0.1, -0.05) is 60.7 Å². The van der Waals surface area contributed by atoms with Crippen molar-refractivity contribution in [2.75, 3.05) is 0 Å². The maximum atomic E-state index is 10.3. The van der Waals surface area contributed by atoms with Crippen LogP contribution in [-0.2, 0) is 5.60 Å². The molecule has 0 atom stereocenters. The predicted octanol–water partition coefficient (Wildman–Crippen LogP) is 4.73. The van der Waals surface area contributed by atoms with E-state index in [1.807, 2.05) is 59.1 Å². The number of imidazole rings is 1. The molecule has 4 aromatic rings. The topological polar surface area (TPSA) is 49.9 Å². The number of pyridine rings is 1. The Labute approximate surface area is 158 Å². The SMILES string of the molecule is CC(C)(O)c1cnc2cc(N=C(c3ccccc3)c3ccccc3)ccn12. The minimum Gasteiger partial charge on any atom is -0.384 e. The van der Waals surface area contributed by atoms with Gasteiger partial charge in [-0.15, -0.1) is 0 Å². The lowest BCUT2D eigenvalue weighted by Crippen LogP contribution is -2.17. The van der Waals surface area contributed by atoms with Crippen molar-refractivity contribution in [2.45, 2.75) is 19.4 Å².